The van der Waals surface area contributed by atoms with E-state index in [0.717, 1.165) is 6.42 Å². The van der Waals surface area contributed by atoms with Crippen LogP contribution in [0.2, 0.25) is 0 Å². The lowest BCUT2D eigenvalue weighted by atomic mass is 9.70. The Hall–Kier alpha value is -0.0100. The summed E-state index contributed by atoms with van der Waals surface area (Å²) in [5.41, 5.74) is -1.45. The fourth-order valence-corrected chi connectivity index (χ4v) is 5.28. The van der Waals surface area contributed by atoms with Crippen molar-refractivity contribution in [3.8, 4) is 0 Å². The van der Waals surface area contributed by atoms with Gasteiger partial charge in [0.05, 0.1) is 0 Å². The van der Waals surface area contributed by atoms with Gasteiger partial charge in [-0.3, -0.25) is 0 Å². The Bertz CT molecular complexity index is 393. The molecule has 0 unspecified atom stereocenters. The number of halogens is 4. The van der Waals surface area contributed by atoms with Gasteiger partial charge in [0.1, 0.15) is 5.60 Å². The summed E-state index contributed by atoms with van der Waals surface area (Å²) in [6.45, 7) is 5.92. The summed E-state index contributed by atoms with van der Waals surface area (Å²) in [6, 6.07) is 0. The first kappa shape index (κ1) is 14.4. The zero-order chi connectivity index (χ0) is 14.0. The number of hydrogen-bond acceptors (Lipinski definition) is 2. The van der Waals surface area contributed by atoms with E-state index in [0.29, 0.717) is 12.8 Å². The average Bonchev–Trinajstić information content (AvgIpc) is 2.46. The van der Waals surface area contributed by atoms with Crippen LogP contribution < -0.4 is 0 Å². The Morgan fingerprint density at radius 1 is 1.28 bits per heavy atom. The largest absolute Gasteiger partial charge is 0.490 e. The molecule has 0 heterocycles. The molecule has 0 aromatic carbocycles. The Morgan fingerprint density at radius 2 is 1.83 bits per heavy atom. The molecule has 0 aromatic rings. The van der Waals surface area contributed by atoms with Gasteiger partial charge >= 0.3 is 12.1 Å². The van der Waals surface area contributed by atoms with Crippen molar-refractivity contribution in [1.82, 2.24) is 0 Å². The molecule has 0 aliphatic heterocycles. The van der Waals surface area contributed by atoms with E-state index in [1.807, 2.05) is 13.8 Å². The number of hydrogen-bond donors (Lipinski definition) is 0. The van der Waals surface area contributed by atoms with Crippen LogP contribution in [0.25, 0.3) is 0 Å². The third-order valence-corrected chi connectivity index (χ3v) is 7.15. The van der Waals surface area contributed by atoms with Crippen LogP contribution in [0.5, 0.6) is 0 Å². The smallest absolute Gasteiger partial charge is 0.452 e. The maximum atomic E-state index is 12.4. The van der Waals surface area contributed by atoms with Gasteiger partial charge in [-0.25, -0.2) is 4.79 Å². The molecule has 6 heteroatoms. The van der Waals surface area contributed by atoms with Crippen molar-refractivity contribution in [3.05, 3.63) is 0 Å². The number of fused-ring (bicyclic) bond motifs is 2. The Labute approximate surface area is 118 Å². The van der Waals surface area contributed by atoms with E-state index in [4.69, 9.17) is 4.74 Å². The molecule has 104 valence electrons. The van der Waals surface area contributed by atoms with Crippen LogP contribution in [0.4, 0.5) is 13.2 Å². The minimum atomic E-state index is -4.91. The third kappa shape index (κ3) is 1.63. The van der Waals surface area contributed by atoms with Crippen molar-refractivity contribution in [2.75, 3.05) is 0 Å². The van der Waals surface area contributed by atoms with Gasteiger partial charge in [-0.05, 0) is 18.3 Å². The SMILES string of the molecule is CC1(C)[C@]2(OC(=O)C(F)(F)F)CC[C@@]1(C)[C@H](I)C2. The molecule has 2 fully saturated rings. The lowest BCUT2D eigenvalue weighted by Gasteiger charge is -2.40. The summed E-state index contributed by atoms with van der Waals surface area (Å²) in [4.78, 5) is 11.2. The second-order valence-electron chi connectivity index (χ2n) is 6.10. The second-order valence-corrected chi connectivity index (χ2v) is 7.60. The minimum Gasteiger partial charge on any atom is -0.452 e. The van der Waals surface area contributed by atoms with Crippen molar-refractivity contribution >= 4 is 28.6 Å². The van der Waals surface area contributed by atoms with Gasteiger partial charge in [0.15, 0.2) is 0 Å². The molecule has 18 heavy (non-hydrogen) atoms. The predicted octanol–water partition coefficient (Wildman–Crippen LogP) is 3.86. The van der Waals surface area contributed by atoms with Crippen LogP contribution in [-0.2, 0) is 9.53 Å². The van der Waals surface area contributed by atoms with Crippen molar-refractivity contribution in [2.45, 2.75) is 55.7 Å². The van der Waals surface area contributed by atoms with Crippen LogP contribution in [0.1, 0.15) is 40.0 Å². The molecule has 2 nitrogen and oxygen atoms in total. The highest BCUT2D eigenvalue weighted by Crippen LogP contribution is 2.70. The van der Waals surface area contributed by atoms with Crippen molar-refractivity contribution < 1.29 is 22.7 Å². The lowest BCUT2D eigenvalue weighted by molar-refractivity contribution is -0.221. The van der Waals surface area contributed by atoms with E-state index in [1.54, 1.807) is 0 Å². The van der Waals surface area contributed by atoms with E-state index < -0.39 is 23.2 Å². The van der Waals surface area contributed by atoms with Crippen molar-refractivity contribution in [3.63, 3.8) is 0 Å². The van der Waals surface area contributed by atoms with Gasteiger partial charge < -0.3 is 4.74 Å². The molecular weight excluding hydrogens is 360 g/mol. The number of esters is 1. The van der Waals surface area contributed by atoms with Crippen LogP contribution in [0, 0.1) is 10.8 Å². The van der Waals surface area contributed by atoms with Crippen LogP contribution in [-0.4, -0.2) is 21.7 Å². The first-order chi connectivity index (χ1) is 7.96. The fraction of sp³-hybridized carbons (Fsp3) is 0.917. The standard InChI is InChI=1S/C12H16F3IO2/c1-9(2)10(3)4-5-11(9,6-7(10)16)18-8(17)12(13,14)15/h7H,4-6H2,1-3H3/t7-,10+,11+/m1/s1. The molecule has 2 rings (SSSR count). The van der Waals surface area contributed by atoms with Gasteiger partial charge in [-0.15, -0.1) is 0 Å². The van der Waals surface area contributed by atoms with Crippen molar-refractivity contribution in [1.29, 1.82) is 0 Å². The highest BCUT2D eigenvalue weighted by Gasteiger charge is 2.71. The van der Waals surface area contributed by atoms with Gasteiger partial charge in [0.25, 0.3) is 0 Å². The van der Waals surface area contributed by atoms with E-state index in [1.165, 1.54) is 0 Å². The summed E-state index contributed by atoms with van der Waals surface area (Å²) in [5, 5.41) is 0. The number of rotatable bonds is 1. The highest BCUT2D eigenvalue weighted by atomic mass is 127. The first-order valence-electron chi connectivity index (χ1n) is 5.91. The number of alkyl halides is 4. The molecule has 3 atom stereocenters. The summed E-state index contributed by atoms with van der Waals surface area (Å²) >= 11 is 2.27. The van der Waals surface area contributed by atoms with Crippen LogP contribution >= 0.6 is 22.6 Å². The van der Waals surface area contributed by atoms with Crippen LogP contribution in [0.3, 0.4) is 0 Å². The van der Waals surface area contributed by atoms with Crippen LogP contribution in [0.15, 0.2) is 0 Å². The molecule has 0 saturated heterocycles. The quantitative estimate of drug-likeness (QED) is 0.395. The fourth-order valence-electron chi connectivity index (χ4n) is 3.48. The number of carbonyl (C=O) groups excluding carboxylic acids is 1. The molecule has 0 aromatic heterocycles. The summed E-state index contributed by atoms with van der Waals surface area (Å²) in [5.74, 6) is -2.05. The maximum absolute atomic E-state index is 12.4. The van der Waals surface area contributed by atoms with E-state index in [-0.39, 0.29) is 9.34 Å². The van der Waals surface area contributed by atoms with E-state index >= 15 is 0 Å². The Morgan fingerprint density at radius 3 is 2.17 bits per heavy atom. The summed E-state index contributed by atoms with van der Waals surface area (Å²) in [7, 11) is 0. The zero-order valence-corrected chi connectivity index (χ0v) is 12.7. The maximum Gasteiger partial charge on any atom is 0.490 e. The van der Waals surface area contributed by atoms with Crippen molar-refractivity contribution in [2.24, 2.45) is 10.8 Å². The Balaban J connectivity index is 2.31. The molecule has 2 bridgehead atoms. The normalized spacial score (nSPS) is 42.1. The molecule has 0 spiro atoms. The van der Waals surface area contributed by atoms with E-state index in [2.05, 4.69) is 29.5 Å². The molecule has 0 radical (unpaired) electrons. The summed E-state index contributed by atoms with van der Waals surface area (Å²) < 4.78 is 42.3. The summed E-state index contributed by atoms with van der Waals surface area (Å²) in [6.07, 6.45) is -3.07. The first-order valence-corrected chi connectivity index (χ1v) is 7.15. The van der Waals surface area contributed by atoms with Gasteiger partial charge in [0, 0.05) is 15.8 Å². The number of carbonyl (C=O) groups is 1. The molecule has 0 amide bonds. The van der Waals surface area contributed by atoms with Gasteiger partial charge in [0.2, 0.25) is 0 Å². The molecule has 2 aliphatic carbocycles. The average molecular weight is 376 g/mol. The zero-order valence-electron chi connectivity index (χ0n) is 10.5. The Kier molecular flexibility index (Phi) is 3.01. The minimum absolute atomic E-state index is 0.0700. The van der Waals surface area contributed by atoms with E-state index in [9.17, 15) is 18.0 Å². The molecule has 0 N–H and O–H groups in total. The predicted molar refractivity (Wildman–Crippen MR) is 68.4 cm³/mol. The molecular formula is C12H16F3IO2. The molecule has 2 saturated carbocycles. The van der Waals surface area contributed by atoms with Gasteiger partial charge in [-0.1, -0.05) is 43.4 Å². The van der Waals surface area contributed by atoms with Gasteiger partial charge in [-0.2, -0.15) is 13.2 Å². The monoisotopic (exact) mass is 376 g/mol. The third-order valence-electron chi connectivity index (χ3n) is 5.33. The highest BCUT2D eigenvalue weighted by molar-refractivity contribution is 14.1. The second kappa shape index (κ2) is 3.76. The lowest BCUT2D eigenvalue weighted by Crippen LogP contribution is -2.46. The molecule has 2 aliphatic rings. The topological polar surface area (TPSA) is 26.3 Å². The number of ether oxygens (including phenoxy) is 1.